The van der Waals surface area contributed by atoms with Gasteiger partial charge in [-0.25, -0.2) is 0 Å². The Balaban J connectivity index is 1.45. The summed E-state index contributed by atoms with van der Waals surface area (Å²) >= 11 is 12.2. The van der Waals surface area contributed by atoms with Crippen LogP contribution in [0.4, 0.5) is 5.69 Å². The van der Waals surface area contributed by atoms with E-state index in [9.17, 15) is 9.59 Å². The van der Waals surface area contributed by atoms with Crippen molar-refractivity contribution in [1.29, 1.82) is 0 Å². The van der Waals surface area contributed by atoms with Crippen molar-refractivity contribution >= 4 is 40.7 Å². The smallest absolute Gasteiger partial charge is 0.257 e. The van der Waals surface area contributed by atoms with Crippen molar-refractivity contribution < 1.29 is 14.1 Å². The van der Waals surface area contributed by atoms with E-state index < -0.39 is 0 Å². The van der Waals surface area contributed by atoms with Gasteiger partial charge in [0, 0.05) is 41.7 Å². The summed E-state index contributed by atoms with van der Waals surface area (Å²) in [6.07, 6.45) is 0.364. The highest BCUT2D eigenvalue weighted by atomic mass is 35.5. The van der Waals surface area contributed by atoms with Crippen molar-refractivity contribution in [3.63, 3.8) is 0 Å². The number of amides is 2. The van der Waals surface area contributed by atoms with E-state index in [4.69, 9.17) is 27.7 Å². The van der Waals surface area contributed by atoms with Gasteiger partial charge in [0.1, 0.15) is 17.0 Å². The second-order valence-corrected chi connectivity index (χ2v) is 8.05. The van der Waals surface area contributed by atoms with Crippen LogP contribution in [0.3, 0.4) is 0 Å². The first-order chi connectivity index (χ1) is 14.4. The van der Waals surface area contributed by atoms with Crippen molar-refractivity contribution in [2.45, 2.75) is 13.3 Å². The molecule has 2 aromatic carbocycles. The summed E-state index contributed by atoms with van der Waals surface area (Å²) in [4.78, 5) is 27.0. The molecule has 3 aromatic rings. The highest BCUT2D eigenvalue weighted by Crippen LogP contribution is 2.31. The Labute approximate surface area is 183 Å². The molecule has 1 aromatic heterocycles. The van der Waals surface area contributed by atoms with E-state index in [2.05, 4.69) is 10.5 Å². The number of aromatic nitrogens is 1. The zero-order chi connectivity index (χ0) is 21.3. The summed E-state index contributed by atoms with van der Waals surface area (Å²) in [6, 6.07) is 14.3. The standard InChI is InChI=1S/C22H19Cl2N3O3/c1-13-20(21(26-30-13)17-4-2-3-5-18(17)24)22(29)25-11-14-10-19(28)27(12-14)16-8-6-15(23)7-9-16/h2-9,14H,10-12H2,1H3,(H,25,29). The lowest BCUT2D eigenvalue weighted by molar-refractivity contribution is -0.117. The highest BCUT2D eigenvalue weighted by molar-refractivity contribution is 6.33. The number of hydrogen-bond acceptors (Lipinski definition) is 4. The highest BCUT2D eigenvalue weighted by Gasteiger charge is 2.31. The topological polar surface area (TPSA) is 75.4 Å². The third-order valence-electron chi connectivity index (χ3n) is 5.11. The average Bonchev–Trinajstić information content (AvgIpc) is 3.30. The Morgan fingerprint density at radius 1 is 1.20 bits per heavy atom. The van der Waals surface area contributed by atoms with Crippen LogP contribution in [0.15, 0.2) is 53.1 Å². The summed E-state index contributed by atoms with van der Waals surface area (Å²) in [7, 11) is 0. The SMILES string of the molecule is Cc1onc(-c2ccccc2Cl)c1C(=O)NCC1CC(=O)N(c2ccc(Cl)cc2)C1. The molecule has 0 spiro atoms. The molecule has 0 saturated carbocycles. The fraction of sp³-hybridized carbons (Fsp3) is 0.227. The molecule has 2 amide bonds. The van der Waals surface area contributed by atoms with Crippen LogP contribution in [0.25, 0.3) is 11.3 Å². The molecule has 0 radical (unpaired) electrons. The Hall–Kier alpha value is -2.83. The largest absolute Gasteiger partial charge is 0.360 e. The number of aryl methyl sites for hydroxylation is 1. The number of carbonyl (C=O) groups excluding carboxylic acids is 2. The van der Waals surface area contributed by atoms with Crippen molar-refractivity contribution in [3.8, 4) is 11.3 Å². The minimum absolute atomic E-state index is 0.000979. The van der Waals surface area contributed by atoms with Gasteiger partial charge >= 0.3 is 0 Å². The Morgan fingerprint density at radius 2 is 1.93 bits per heavy atom. The minimum Gasteiger partial charge on any atom is -0.360 e. The van der Waals surface area contributed by atoms with Gasteiger partial charge in [0.25, 0.3) is 5.91 Å². The summed E-state index contributed by atoms with van der Waals surface area (Å²) in [5.41, 5.74) is 2.18. The molecule has 4 rings (SSSR count). The van der Waals surface area contributed by atoms with Crippen LogP contribution in [-0.4, -0.2) is 30.1 Å². The second kappa shape index (κ2) is 8.50. The molecule has 1 aliphatic rings. The normalized spacial score (nSPS) is 16.2. The van der Waals surface area contributed by atoms with Crippen molar-refractivity contribution in [3.05, 3.63) is 69.9 Å². The molecule has 1 aliphatic heterocycles. The summed E-state index contributed by atoms with van der Waals surface area (Å²) in [6.45, 7) is 2.58. The van der Waals surface area contributed by atoms with Gasteiger partial charge in [0.05, 0.1) is 5.02 Å². The molecule has 1 saturated heterocycles. The van der Waals surface area contributed by atoms with Crippen LogP contribution in [0.1, 0.15) is 22.5 Å². The molecule has 30 heavy (non-hydrogen) atoms. The summed E-state index contributed by atoms with van der Waals surface area (Å²) in [5, 5.41) is 8.05. The maximum absolute atomic E-state index is 12.9. The molecule has 2 heterocycles. The van der Waals surface area contributed by atoms with Crippen LogP contribution in [0, 0.1) is 12.8 Å². The van der Waals surface area contributed by atoms with Crippen molar-refractivity contribution in [2.24, 2.45) is 5.92 Å². The monoisotopic (exact) mass is 443 g/mol. The molecule has 1 unspecified atom stereocenters. The van der Waals surface area contributed by atoms with Crippen LogP contribution in [-0.2, 0) is 4.79 Å². The number of benzene rings is 2. The van der Waals surface area contributed by atoms with E-state index in [0.29, 0.717) is 52.1 Å². The average molecular weight is 444 g/mol. The van der Waals surface area contributed by atoms with Crippen LogP contribution >= 0.6 is 23.2 Å². The first-order valence-electron chi connectivity index (χ1n) is 9.49. The maximum atomic E-state index is 12.9. The van der Waals surface area contributed by atoms with E-state index >= 15 is 0 Å². The Bertz CT molecular complexity index is 1100. The molecule has 6 nitrogen and oxygen atoms in total. The van der Waals surface area contributed by atoms with Crippen LogP contribution in [0.2, 0.25) is 10.0 Å². The number of hydrogen-bond donors (Lipinski definition) is 1. The first-order valence-corrected chi connectivity index (χ1v) is 10.2. The predicted octanol–water partition coefficient (Wildman–Crippen LogP) is 4.74. The van der Waals surface area contributed by atoms with Crippen molar-refractivity contribution in [1.82, 2.24) is 10.5 Å². The number of carbonyl (C=O) groups is 2. The number of nitrogens with one attached hydrogen (secondary N) is 1. The summed E-state index contributed by atoms with van der Waals surface area (Å²) in [5.74, 6) is 0.129. The van der Waals surface area contributed by atoms with Gasteiger partial charge in [-0.2, -0.15) is 0 Å². The molecule has 154 valence electrons. The quantitative estimate of drug-likeness (QED) is 0.617. The van der Waals surface area contributed by atoms with Gasteiger partial charge in [-0.3, -0.25) is 9.59 Å². The lowest BCUT2D eigenvalue weighted by Crippen LogP contribution is -2.31. The molecule has 1 atom stereocenters. The summed E-state index contributed by atoms with van der Waals surface area (Å²) < 4.78 is 5.26. The van der Waals surface area contributed by atoms with Crippen LogP contribution < -0.4 is 10.2 Å². The van der Waals surface area contributed by atoms with Gasteiger partial charge in [0.15, 0.2) is 0 Å². The van der Waals surface area contributed by atoms with Gasteiger partial charge in [0.2, 0.25) is 5.91 Å². The third-order valence-corrected chi connectivity index (χ3v) is 5.70. The molecule has 1 N–H and O–H groups in total. The Kier molecular flexibility index (Phi) is 5.79. The molecule has 0 bridgehead atoms. The number of anilines is 1. The zero-order valence-electron chi connectivity index (χ0n) is 16.2. The van der Waals surface area contributed by atoms with Gasteiger partial charge in [-0.05, 0) is 37.3 Å². The molecule has 1 fully saturated rings. The van der Waals surface area contributed by atoms with E-state index in [0.717, 1.165) is 5.69 Å². The van der Waals surface area contributed by atoms with Gasteiger partial charge in [-0.15, -0.1) is 0 Å². The number of halogens is 2. The fourth-order valence-electron chi connectivity index (χ4n) is 3.59. The van der Waals surface area contributed by atoms with Crippen molar-refractivity contribution in [2.75, 3.05) is 18.0 Å². The van der Waals surface area contributed by atoms with E-state index in [1.54, 1.807) is 36.1 Å². The molecular weight excluding hydrogens is 425 g/mol. The second-order valence-electron chi connectivity index (χ2n) is 7.20. The van der Waals surface area contributed by atoms with E-state index in [1.165, 1.54) is 0 Å². The van der Waals surface area contributed by atoms with Gasteiger partial charge in [-0.1, -0.05) is 46.6 Å². The first kappa shape index (κ1) is 20.4. The molecular formula is C22H19Cl2N3O3. The molecule has 8 heteroatoms. The van der Waals surface area contributed by atoms with Crippen LogP contribution in [0.5, 0.6) is 0 Å². The lowest BCUT2D eigenvalue weighted by atomic mass is 10.0. The van der Waals surface area contributed by atoms with E-state index in [1.807, 2.05) is 24.3 Å². The number of nitrogens with zero attached hydrogens (tertiary/aromatic N) is 2. The predicted molar refractivity (Wildman–Crippen MR) is 116 cm³/mol. The Morgan fingerprint density at radius 3 is 2.67 bits per heavy atom. The zero-order valence-corrected chi connectivity index (χ0v) is 17.7. The molecule has 0 aliphatic carbocycles. The number of rotatable bonds is 5. The van der Waals surface area contributed by atoms with E-state index in [-0.39, 0.29) is 17.7 Å². The minimum atomic E-state index is -0.305. The lowest BCUT2D eigenvalue weighted by Gasteiger charge is -2.17. The van der Waals surface area contributed by atoms with Gasteiger partial charge < -0.3 is 14.7 Å². The third kappa shape index (κ3) is 4.06. The maximum Gasteiger partial charge on any atom is 0.257 e. The fourth-order valence-corrected chi connectivity index (χ4v) is 3.94.